The molecule has 0 saturated heterocycles. The normalized spacial score (nSPS) is 10.4. The molecule has 0 radical (unpaired) electrons. The van der Waals surface area contributed by atoms with E-state index in [-0.39, 0.29) is 5.91 Å². The van der Waals surface area contributed by atoms with Crippen molar-refractivity contribution in [2.45, 2.75) is 6.92 Å². The fourth-order valence-electron chi connectivity index (χ4n) is 2.46. The maximum Gasteiger partial charge on any atom is 0.259 e. The van der Waals surface area contributed by atoms with Crippen LogP contribution in [0.2, 0.25) is 0 Å². The summed E-state index contributed by atoms with van der Waals surface area (Å²) >= 11 is 3.55. The number of amides is 1. The SMILES string of the molecule is Cc1ccc(Nc2cncc(C(=O)N(C)c3ccccc3)c2)c(Br)c1. The van der Waals surface area contributed by atoms with E-state index < -0.39 is 0 Å². The molecule has 0 aliphatic rings. The van der Waals surface area contributed by atoms with Crippen LogP contribution in [0.4, 0.5) is 17.1 Å². The first-order valence-corrected chi connectivity index (χ1v) is 8.65. The van der Waals surface area contributed by atoms with Gasteiger partial charge in [0.15, 0.2) is 0 Å². The number of para-hydroxylation sites is 1. The number of carbonyl (C=O) groups is 1. The molecular formula is C20H18BrN3O. The topological polar surface area (TPSA) is 45.2 Å². The lowest BCUT2D eigenvalue weighted by molar-refractivity contribution is 0.0992. The number of rotatable bonds is 4. The van der Waals surface area contributed by atoms with Crippen LogP contribution in [0, 0.1) is 6.92 Å². The molecule has 0 fully saturated rings. The fraction of sp³-hybridized carbons (Fsp3) is 0.100. The van der Waals surface area contributed by atoms with E-state index in [4.69, 9.17) is 0 Å². The number of carbonyl (C=O) groups excluding carboxylic acids is 1. The van der Waals surface area contributed by atoms with Gasteiger partial charge in [-0.3, -0.25) is 9.78 Å². The van der Waals surface area contributed by atoms with Crippen LogP contribution in [0.25, 0.3) is 0 Å². The summed E-state index contributed by atoms with van der Waals surface area (Å²) in [4.78, 5) is 18.5. The highest BCUT2D eigenvalue weighted by Crippen LogP contribution is 2.27. The number of hydrogen-bond donors (Lipinski definition) is 1. The minimum Gasteiger partial charge on any atom is -0.353 e. The lowest BCUT2D eigenvalue weighted by atomic mass is 10.2. The lowest BCUT2D eigenvalue weighted by Crippen LogP contribution is -2.26. The van der Waals surface area contributed by atoms with Crippen molar-refractivity contribution in [3.63, 3.8) is 0 Å². The van der Waals surface area contributed by atoms with Crippen LogP contribution in [-0.4, -0.2) is 17.9 Å². The van der Waals surface area contributed by atoms with Crippen LogP contribution in [0.3, 0.4) is 0 Å². The Hall–Kier alpha value is -2.66. The van der Waals surface area contributed by atoms with E-state index in [9.17, 15) is 4.79 Å². The maximum absolute atomic E-state index is 12.7. The number of halogens is 1. The van der Waals surface area contributed by atoms with Crippen molar-refractivity contribution < 1.29 is 4.79 Å². The van der Waals surface area contributed by atoms with Crippen LogP contribution >= 0.6 is 15.9 Å². The van der Waals surface area contributed by atoms with Crippen LogP contribution in [0.5, 0.6) is 0 Å². The largest absolute Gasteiger partial charge is 0.353 e. The molecule has 0 saturated carbocycles. The van der Waals surface area contributed by atoms with E-state index in [1.165, 1.54) is 5.56 Å². The minimum absolute atomic E-state index is 0.106. The zero-order valence-corrected chi connectivity index (χ0v) is 15.6. The molecule has 0 unspecified atom stereocenters. The molecule has 1 aromatic heterocycles. The van der Waals surface area contributed by atoms with E-state index in [0.717, 1.165) is 21.5 Å². The molecule has 1 N–H and O–H groups in total. The van der Waals surface area contributed by atoms with Crippen molar-refractivity contribution in [2.24, 2.45) is 0 Å². The summed E-state index contributed by atoms with van der Waals surface area (Å²) in [6.07, 6.45) is 3.28. The Morgan fingerprint density at radius 2 is 1.84 bits per heavy atom. The average molecular weight is 396 g/mol. The Morgan fingerprint density at radius 3 is 2.56 bits per heavy atom. The number of aromatic nitrogens is 1. The molecule has 3 aromatic rings. The van der Waals surface area contributed by atoms with Crippen LogP contribution in [0.15, 0.2) is 71.5 Å². The van der Waals surface area contributed by atoms with Gasteiger partial charge in [0.25, 0.3) is 5.91 Å². The quantitative estimate of drug-likeness (QED) is 0.662. The summed E-state index contributed by atoms with van der Waals surface area (Å²) in [6.45, 7) is 2.04. The van der Waals surface area contributed by atoms with E-state index in [2.05, 4.69) is 26.2 Å². The summed E-state index contributed by atoms with van der Waals surface area (Å²) in [7, 11) is 1.76. The summed E-state index contributed by atoms with van der Waals surface area (Å²) in [6, 6.07) is 17.4. The third-order valence-electron chi connectivity index (χ3n) is 3.84. The number of pyridine rings is 1. The van der Waals surface area contributed by atoms with Crippen molar-refractivity contribution in [3.05, 3.63) is 82.6 Å². The smallest absolute Gasteiger partial charge is 0.259 e. The minimum atomic E-state index is -0.106. The Balaban J connectivity index is 1.82. The van der Waals surface area contributed by atoms with E-state index in [1.54, 1.807) is 30.4 Å². The molecule has 2 aromatic carbocycles. The summed E-state index contributed by atoms with van der Waals surface area (Å²) in [5, 5.41) is 3.29. The second-order valence-electron chi connectivity index (χ2n) is 5.77. The van der Waals surface area contributed by atoms with E-state index in [1.807, 2.05) is 55.5 Å². The van der Waals surface area contributed by atoms with Gasteiger partial charge in [-0.1, -0.05) is 24.3 Å². The molecule has 1 amide bonds. The Bertz CT molecular complexity index is 896. The summed E-state index contributed by atoms with van der Waals surface area (Å²) < 4.78 is 0.964. The Kier molecular flexibility index (Phi) is 5.14. The average Bonchev–Trinajstić information content (AvgIpc) is 2.64. The molecule has 25 heavy (non-hydrogen) atoms. The third kappa shape index (κ3) is 4.06. The van der Waals surface area contributed by atoms with Crippen molar-refractivity contribution >= 4 is 38.9 Å². The molecule has 0 atom stereocenters. The van der Waals surface area contributed by atoms with Gasteiger partial charge in [0, 0.05) is 23.4 Å². The van der Waals surface area contributed by atoms with Crippen LogP contribution in [-0.2, 0) is 0 Å². The van der Waals surface area contributed by atoms with Gasteiger partial charge in [0.2, 0.25) is 0 Å². The number of nitrogens with one attached hydrogen (secondary N) is 1. The van der Waals surface area contributed by atoms with Gasteiger partial charge in [-0.2, -0.15) is 0 Å². The van der Waals surface area contributed by atoms with Crippen molar-refractivity contribution in [2.75, 3.05) is 17.3 Å². The number of benzene rings is 2. The maximum atomic E-state index is 12.7. The second-order valence-corrected chi connectivity index (χ2v) is 6.62. The van der Waals surface area contributed by atoms with Crippen molar-refractivity contribution in [3.8, 4) is 0 Å². The van der Waals surface area contributed by atoms with Gasteiger partial charge in [-0.05, 0) is 58.7 Å². The first-order valence-electron chi connectivity index (χ1n) is 7.86. The number of aryl methyl sites for hydroxylation is 1. The van der Waals surface area contributed by atoms with E-state index >= 15 is 0 Å². The lowest BCUT2D eigenvalue weighted by Gasteiger charge is -2.17. The van der Waals surface area contributed by atoms with Gasteiger partial charge in [0.1, 0.15) is 0 Å². The highest BCUT2D eigenvalue weighted by molar-refractivity contribution is 9.10. The number of nitrogens with zero attached hydrogens (tertiary/aromatic N) is 2. The first kappa shape index (κ1) is 17.2. The molecule has 0 spiro atoms. The Labute approximate surface area is 155 Å². The van der Waals surface area contributed by atoms with Crippen molar-refractivity contribution in [1.29, 1.82) is 0 Å². The van der Waals surface area contributed by atoms with Crippen LogP contribution < -0.4 is 10.2 Å². The fourth-order valence-corrected chi connectivity index (χ4v) is 3.06. The third-order valence-corrected chi connectivity index (χ3v) is 4.49. The summed E-state index contributed by atoms with van der Waals surface area (Å²) in [5.41, 5.74) is 4.22. The number of anilines is 3. The molecule has 126 valence electrons. The van der Waals surface area contributed by atoms with Gasteiger partial charge in [0.05, 0.1) is 23.1 Å². The molecule has 1 heterocycles. The van der Waals surface area contributed by atoms with Gasteiger partial charge >= 0.3 is 0 Å². The predicted molar refractivity (Wildman–Crippen MR) is 106 cm³/mol. The van der Waals surface area contributed by atoms with Gasteiger partial charge < -0.3 is 10.2 Å². The molecule has 4 nitrogen and oxygen atoms in total. The predicted octanol–water partition coefficient (Wildman–Crippen LogP) is 5.17. The van der Waals surface area contributed by atoms with Crippen LogP contribution in [0.1, 0.15) is 15.9 Å². The molecule has 0 aliphatic carbocycles. The second kappa shape index (κ2) is 7.49. The molecule has 3 rings (SSSR count). The summed E-state index contributed by atoms with van der Waals surface area (Å²) in [5.74, 6) is -0.106. The highest BCUT2D eigenvalue weighted by atomic mass is 79.9. The van der Waals surface area contributed by atoms with Gasteiger partial charge in [-0.15, -0.1) is 0 Å². The standard InChI is InChI=1S/C20H18BrN3O/c1-14-8-9-19(18(21)10-14)23-16-11-15(12-22-13-16)20(25)24(2)17-6-4-3-5-7-17/h3-13,23H,1-2H3. The van der Waals surface area contributed by atoms with E-state index in [0.29, 0.717) is 5.56 Å². The highest BCUT2D eigenvalue weighted by Gasteiger charge is 2.14. The molecule has 0 aliphatic heterocycles. The number of hydrogen-bond acceptors (Lipinski definition) is 3. The Morgan fingerprint density at radius 1 is 1.08 bits per heavy atom. The van der Waals surface area contributed by atoms with Gasteiger partial charge in [-0.25, -0.2) is 0 Å². The zero-order chi connectivity index (χ0) is 17.8. The van der Waals surface area contributed by atoms with Crippen molar-refractivity contribution in [1.82, 2.24) is 4.98 Å². The molecular weight excluding hydrogens is 378 g/mol. The first-order chi connectivity index (χ1) is 12.0. The zero-order valence-electron chi connectivity index (χ0n) is 14.0. The molecule has 0 bridgehead atoms. The molecule has 5 heteroatoms. The monoisotopic (exact) mass is 395 g/mol.